The van der Waals surface area contributed by atoms with E-state index >= 15 is 0 Å². The van der Waals surface area contributed by atoms with Crippen molar-refractivity contribution in [1.82, 2.24) is 4.98 Å². The number of amides is 1. The first-order chi connectivity index (χ1) is 15.6. The fourth-order valence-electron chi connectivity index (χ4n) is 3.55. The fraction of sp³-hybridized carbons (Fsp3) is 0.192. The molecule has 0 spiro atoms. The lowest BCUT2D eigenvalue weighted by Crippen LogP contribution is -2.16. The molecule has 0 aliphatic rings. The van der Waals surface area contributed by atoms with Crippen LogP contribution in [0.3, 0.4) is 0 Å². The van der Waals surface area contributed by atoms with Gasteiger partial charge in [-0.3, -0.25) is 0 Å². The van der Waals surface area contributed by atoms with Crippen LogP contribution < -0.4 is 15.8 Å². The second-order valence-corrected chi connectivity index (χ2v) is 8.74. The molecule has 1 aromatic heterocycles. The van der Waals surface area contributed by atoms with E-state index in [4.69, 9.17) is 10.5 Å². The molecule has 0 radical (unpaired) electrons. The Morgan fingerprint density at radius 1 is 1.03 bits per heavy atom. The molecule has 4 N–H and O–H groups in total. The lowest BCUT2D eigenvalue weighted by Gasteiger charge is -2.09. The number of H-pyrrole nitrogens is 1. The van der Waals surface area contributed by atoms with Crippen molar-refractivity contribution in [3.63, 3.8) is 0 Å². The summed E-state index contributed by atoms with van der Waals surface area (Å²) in [4.78, 5) is 16.5. The van der Waals surface area contributed by atoms with Gasteiger partial charge in [-0.05, 0) is 60.4 Å². The number of carbonyl (C=O) groups excluding carboxylic acids is 1. The molecular formula is C26H27N3O2S. The number of aryl methyl sites for hydroxylation is 1. The van der Waals surface area contributed by atoms with Gasteiger partial charge >= 0.3 is 6.09 Å². The summed E-state index contributed by atoms with van der Waals surface area (Å²) in [7, 11) is 0. The second kappa shape index (κ2) is 10.3. The Kier molecular flexibility index (Phi) is 7.02. The third kappa shape index (κ3) is 5.45. The number of hydrogen-bond acceptors (Lipinski definition) is 4. The largest absolute Gasteiger partial charge is 0.411 e. The highest BCUT2D eigenvalue weighted by molar-refractivity contribution is 7.99. The van der Waals surface area contributed by atoms with Gasteiger partial charge in [0.1, 0.15) is 0 Å². The molecule has 0 bridgehead atoms. The molecule has 1 amide bonds. The Labute approximate surface area is 192 Å². The number of aromatic amines is 1. The smallest absolute Gasteiger partial charge is 0.392 e. The molecule has 6 heteroatoms. The van der Waals surface area contributed by atoms with Gasteiger partial charge in [-0.2, -0.15) is 0 Å². The van der Waals surface area contributed by atoms with E-state index in [1.54, 1.807) is 0 Å². The summed E-state index contributed by atoms with van der Waals surface area (Å²) >= 11 is 1.54. The Hall–Kier alpha value is -3.38. The number of anilines is 1. The molecule has 32 heavy (non-hydrogen) atoms. The molecule has 0 aliphatic heterocycles. The van der Waals surface area contributed by atoms with Crippen molar-refractivity contribution in [2.24, 2.45) is 5.73 Å². The van der Waals surface area contributed by atoms with Crippen LogP contribution >= 0.6 is 11.8 Å². The van der Waals surface area contributed by atoms with Crippen LogP contribution in [0.25, 0.3) is 10.9 Å². The third-order valence-corrected chi connectivity index (χ3v) is 6.34. The third-order valence-electron chi connectivity index (χ3n) is 5.22. The number of carbonyl (C=O) groups is 1. The molecule has 3 aromatic carbocycles. The highest BCUT2D eigenvalue weighted by atomic mass is 32.2. The van der Waals surface area contributed by atoms with E-state index < -0.39 is 6.09 Å². The molecule has 0 atom stereocenters. The molecule has 0 saturated carbocycles. The number of nitrogens with one attached hydrogen (secondary N) is 2. The molecule has 164 valence electrons. The number of hydrogen-bond donors (Lipinski definition) is 3. The van der Waals surface area contributed by atoms with Gasteiger partial charge in [0.05, 0.1) is 4.90 Å². The Bertz CT molecular complexity index is 1190. The summed E-state index contributed by atoms with van der Waals surface area (Å²) < 4.78 is 5.26. The van der Waals surface area contributed by atoms with E-state index in [1.807, 2.05) is 36.4 Å². The number of fused-ring (bicyclic) bond motifs is 1. The van der Waals surface area contributed by atoms with E-state index in [2.05, 4.69) is 53.6 Å². The van der Waals surface area contributed by atoms with Crippen molar-refractivity contribution in [1.29, 1.82) is 0 Å². The molecule has 0 aliphatic carbocycles. The molecule has 4 rings (SSSR count). The van der Waals surface area contributed by atoms with E-state index in [-0.39, 0.29) is 0 Å². The minimum atomic E-state index is -0.837. The fourth-order valence-corrected chi connectivity index (χ4v) is 4.55. The summed E-state index contributed by atoms with van der Waals surface area (Å²) in [5.41, 5.74) is 9.78. The second-order valence-electron chi connectivity index (χ2n) is 7.65. The van der Waals surface area contributed by atoms with Gasteiger partial charge in [-0.25, -0.2) is 4.79 Å². The van der Waals surface area contributed by atoms with E-state index in [9.17, 15) is 4.79 Å². The highest BCUT2D eigenvalue weighted by Crippen LogP contribution is 2.41. The van der Waals surface area contributed by atoms with E-state index in [1.165, 1.54) is 30.2 Å². The predicted molar refractivity (Wildman–Crippen MR) is 131 cm³/mol. The SMILES string of the molecule is CCCCc1ccc(NCc2ccc3[nH]c(OC(N)=O)c(Sc4ccccc4)c3c2)cc1. The number of ether oxygens (including phenoxy) is 1. The van der Waals surface area contributed by atoms with Crippen LogP contribution in [0.1, 0.15) is 30.9 Å². The zero-order valence-electron chi connectivity index (χ0n) is 18.1. The molecular weight excluding hydrogens is 418 g/mol. The van der Waals surface area contributed by atoms with Crippen LogP contribution in [0.4, 0.5) is 10.5 Å². The summed E-state index contributed by atoms with van der Waals surface area (Å²) in [6.45, 7) is 2.90. The zero-order chi connectivity index (χ0) is 22.3. The molecule has 5 nitrogen and oxygen atoms in total. The lowest BCUT2D eigenvalue weighted by atomic mass is 10.1. The van der Waals surface area contributed by atoms with Gasteiger partial charge in [-0.1, -0.05) is 61.5 Å². The minimum Gasteiger partial charge on any atom is -0.392 e. The van der Waals surface area contributed by atoms with E-state index in [0.29, 0.717) is 12.4 Å². The normalized spacial score (nSPS) is 10.9. The monoisotopic (exact) mass is 445 g/mol. The summed E-state index contributed by atoms with van der Waals surface area (Å²) in [5, 5.41) is 4.48. The van der Waals surface area contributed by atoms with Crippen molar-refractivity contribution in [2.45, 2.75) is 42.5 Å². The first-order valence-corrected chi connectivity index (χ1v) is 11.6. The van der Waals surface area contributed by atoms with Gasteiger partial charge in [-0.15, -0.1) is 0 Å². The molecule has 0 unspecified atom stereocenters. The predicted octanol–water partition coefficient (Wildman–Crippen LogP) is 6.73. The van der Waals surface area contributed by atoms with Crippen LogP contribution in [0.2, 0.25) is 0 Å². The number of unbranched alkanes of at least 4 members (excludes halogenated alkanes) is 1. The summed E-state index contributed by atoms with van der Waals surface area (Å²) in [5.74, 6) is 0.370. The van der Waals surface area contributed by atoms with E-state index in [0.717, 1.165) is 38.4 Å². The van der Waals surface area contributed by atoms with Crippen LogP contribution in [-0.2, 0) is 13.0 Å². The average Bonchev–Trinajstić information content (AvgIpc) is 3.13. The molecule has 0 fully saturated rings. The number of primary amides is 1. The number of aromatic nitrogens is 1. The highest BCUT2D eigenvalue weighted by Gasteiger charge is 2.16. The maximum atomic E-state index is 11.4. The maximum absolute atomic E-state index is 11.4. The molecule has 4 aromatic rings. The number of nitrogens with two attached hydrogens (primary N) is 1. The van der Waals surface area contributed by atoms with Gasteiger partial charge < -0.3 is 20.8 Å². The van der Waals surface area contributed by atoms with Crippen molar-refractivity contribution >= 4 is 34.4 Å². The Balaban J connectivity index is 1.55. The van der Waals surface area contributed by atoms with Crippen molar-refractivity contribution < 1.29 is 9.53 Å². The lowest BCUT2D eigenvalue weighted by molar-refractivity contribution is 0.208. The first-order valence-electron chi connectivity index (χ1n) is 10.8. The van der Waals surface area contributed by atoms with Crippen LogP contribution in [0.5, 0.6) is 5.88 Å². The quantitative estimate of drug-likeness (QED) is 0.267. The van der Waals surface area contributed by atoms with Crippen molar-refractivity contribution in [2.75, 3.05) is 5.32 Å². The van der Waals surface area contributed by atoms with Gasteiger partial charge in [0, 0.05) is 28.0 Å². The maximum Gasteiger partial charge on any atom is 0.411 e. The molecule has 0 saturated heterocycles. The van der Waals surface area contributed by atoms with Gasteiger partial charge in [0.25, 0.3) is 0 Å². The Morgan fingerprint density at radius 3 is 2.50 bits per heavy atom. The average molecular weight is 446 g/mol. The topological polar surface area (TPSA) is 80.1 Å². The van der Waals surface area contributed by atoms with Crippen LogP contribution in [-0.4, -0.2) is 11.1 Å². The summed E-state index contributed by atoms with van der Waals surface area (Å²) in [6, 6.07) is 24.8. The number of rotatable bonds is 9. The van der Waals surface area contributed by atoms with Gasteiger partial charge in [0.15, 0.2) is 0 Å². The standard InChI is InChI=1S/C26H27N3O2S/c1-2-3-7-18-10-13-20(14-11-18)28-17-19-12-15-23-22(16-19)24(25(29-23)31-26(27)30)32-21-8-5-4-6-9-21/h4-6,8-16,28-29H,2-3,7,17H2,1H3,(H2,27,30). The van der Waals surface area contributed by atoms with Crippen molar-refractivity contribution in [3.05, 3.63) is 83.9 Å². The number of benzene rings is 3. The van der Waals surface area contributed by atoms with Crippen LogP contribution in [0.15, 0.2) is 82.6 Å². The minimum absolute atomic E-state index is 0.370. The Morgan fingerprint density at radius 2 is 1.78 bits per heavy atom. The first kappa shape index (κ1) is 21.8. The van der Waals surface area contributed by atoms with Crippen molar-refractivity contribution in [3.8, 4) is 5.88 Å². The van der Waals surface area contributed by atoms with Crippen LogP contribution in [0, 0.1) is 0 Å². The summed E-state index contributed by atoms with van der Waals surface area (Å²) in [6.07, 6.45) is 2.71. The van der Waals surface area contributed by atoms with Gasteiger partial charge in [0.2, 0.25) is 5.88 Å². The zero-order valence-corrected chi connectivity index (χ0v) is 18.9. The molecule has 1 heterocycles.